The van der Waals surface area contributed by atoms with Gasteiger partial charge in [0.05, 0.1) is 52.6 Å². The summed E-state index contributed by atoms with van der Waals surface area (Å²) in [6, 6.07) is 6.62. The second-order valence-corrected chi connectivity index (χ2v) is 9.86. The summed E-state index contributed by atoms with van der Waals surface area (Å²) in [5.74, 6) is -4.73. The van der Waals surface area contributed by atoms with Crippen LogP contribution in [-0.4, -0.2) is 41.8 Å². The molecule has 0 saturated heterocycles. The Kier molecular flexibility index (Phi) is 6.49. The second kappa shape index (κ2) is 9.66. The van der Waals surface area contributed by atoms with Gasteiger partial charge in [0.1, 0.15) is 11.3 Å². The molecule has 2 aromatic heterocycles. The number of hydrogen-bond donors (Lipinski definition) is 2. The molecule has 0 fully saturated rings. The Morgan fingerprint density at radius 3 is 2.47 bits per heavy atom. The lowest BCUT2D eigenvalue weighted by Crippen LogP contribution is -2.23. The van der Waals surface area contributed by atoms with Crippen molar-refractivity contribution in [3.63, 3.8) is 0 Å². The van der Waals surface area contributed by atoms with Gasteiger partial charge in [-0.05, 0) is 28.3 Å². The number of hydrogen-bond acceptors (Lipinski definition) is 9. The van der Waals surface area contributed by atoms with Gasteiger partial charge in [0.25, 0.3) is 11.8 Å². The van der Waals surface area contributed by atoms with Crippen molar-refractivity contribution in [1.82, 2.24) is 9.97 Å². The number of methoxy groups -OCH3 is 2. The highest BCUT2D eigenvalue weighted by atomic mass is 32.1. The van der Waals surface area contributed by atoms with E-state index < -0.39 is 23.4 Å². The number of rotatable bonds is 6. The second-order valence-electron chi connectivity index (χ2n) is 7.97. The minimum atomic E-state index is -2.55. The lowest BCUT2D eigenvalue weighted by molar-refractivity contribution is -0.104. The lowest BCUT2D eigenvalue weighted by atomic mass is 10.1. The highest BCUT2D eigenvalue weighted by Crippen LogP contribution is 2.45. The topological polar surface area (TPSA) is 121 Å². The molecule has 0 bridgehead atoms. The summed E-state index contributed by atoms with van der Waals surface area (Å²) in [5.41, 5.74) is 0.471. The third-order valence-electron chi connectivity index (χ3n) is 5.43. The molecule has 2 unspecified atom stereocenters. The number of nitrogens with one attached hydrogen (secondary N) is 2. The van der Waals surface area contributed by atoms with E-state index in [0.717, 1.165) is 17.1 Å². The molecule has 10 nitrogen and oxygen atoms in total. The molecule has 0 saturated carbocycles. The number of halogens is 2. The predicted molar refractivity (Wildman–Crippen MR) is 139 cm³/mol. The van der Waals surface area contributed by atoms with E-state index in [9.17, 15) is 18.4 Å². The van der Waals surface area contributed by atoms with Crippen LogP contribution in [0.1, 0.15) is 25.7 Å². The monoisotopic (exact) mass is 560 g/mol. The van der Waals surface area contributed by atoms with Crippen LogP contribution in [0, 0.1) is 12.7 Å². The van der Waals surface area contributed by atoms with Crippen molar-refractivity contribution in [1.29, 1.82) is 0 Å². The summed E-state index contributed by atoms with van der Waals surface area (Å²) >= 11 is 1.32. The normalized spacial score (nSPS) is 15.8. The number of benzene rings is 2. The van der Waals surface area contributed by atoms with E-state index in [2.05, 4.69) is 20.6 Å². The minimum Gasteiger partial charge on any atom is -0.496 e. The number of pyridine rings is 1. The van der Waals surface area contributed by atoms with E-state index in [1.165, 1.54) is 37.8 Å². The molecular weight excluding hydrogens is 541 g/mol. The molecule has 5 rings (SSSR count). The third-order valence-corrected chi connectivity index (χ3v) is 6.67. The summed E-state index contributed by atoms with van der Waals surface area (Å²) in [7, 11) is 4.49. The zero-order chi connectivity index (χ0) is 27.2. The Morgan fingerprint density at radius 1 is 1.05 bits per heavy atom. The number of carbonyl (C=O) groups is 2. The first kappa shape index (κ1) is 25.6. The summed E-state index contributed by atoms with van der Waals surface area (Å²) < 4.78 is 49.6. The molecule has 1 aliphatic heterocycles. The quantitative estimate of drug-likeness (QED) is 0.320. The Bertz CT molecular complexity index is 1610. The zero-order valence-electron chi connectivity index (χ0n) is 20.0. The van der Waals surface area contributed by atoms with Crippen LogP contribution < -0.4 is 29.6 Å². The molecule has 38 heavy (non-hydrogen) atoms. The van der Waals surface area contributed by atoms with Crippen molar-refractivity contribution in [3.8, 4) is 23.1 Å². The molecule has 4 aromatic rings. The molecule has 2 N–H and O–H groups in total. The molecule has 2 amide bonds. The SMILES string of the molecule is COc1cc(C(=O)Nc2cc3c(cc2F)OC(F)(P)O3)c(NC(=O)c2c(OC)ccc3nc(C)sc23)cn1. The van der Waals surface area contributed by atoms with Gasteiger partial charge in [-0.15, -0.1) is 11.3 Å². The van der Waals surface area contributed by atoms with Crippen LogP contribution in [-0.2, 0) is 0 Å². The number of aryl methyl sites for hydroxylation is 1. The van der Waals surface area contributed by atoms with Crippen LogP contribution in [0.5, 0.6) is 23.1 Å². The summed E-state index contributed by atoms with van der Waals surface area (Å²) in [4.78, 5) is 35.1. The van der Waals surface area contributed by atoms with Crippen molar-refractivity contribution in [2.24, 2.45) is 0 Å². The Balaban J connectivity index is 1.48. The molecule has 14 heteroatoms. The zero-order valence-corrected chi connectivity index (χ0v) is 22.0. The maximum Gasteiger partial charge on any atom is 0.418 e. The van der Waals surface area contributed by atoms with Gasteiger partial charge < -0.3 is 29.6 Å². The summed E-state index contributed by atoms with van der Waals surface area (Å²) in [6.45, 7) is 1.82. The van der Waals surface area contributed by atoms with E-state index in [0.29, 0.717) is 16.0 Å². The first-order chi connectivity index (χ1) is 18.1. The van der Waals surface area contributed by atoms with Crippen LogP contribution in [0.3, 0.4) is 0 Å². The highest BCUT2D eigenvalue weighted by molar-refractivity contribution is 7.19. The fourth-order valence-corrected chi connectivity index (χ4v) is 5.00. The maximum atomic E-state index is 14.7. The molecule has 2 aromatic carbocycles. The number of thiazole rings is 1. The van der Waals surface area contributed by atoms with Crippen molar-refractivity contribution in [2.45, 2.75) is 12.7 Å². The first-order valence-corrected chi connectivity index (χ1v) is 12.3. The van der Waals surface area contributed by atoms with Crippen LogP contribution >= 0.6 is 20.6 Å². The molecule has 0 radical (unpaired) electrons. The molecule has 0 spiro atoms. The number of alkyl halides is 1. The number of ether oxygens (including phenoxy) is 4. The van der Waals surface area contributed by atoms with Gasteiger partial charge in [0.15, 0.2) is 17.3 Å². The van der Waals surface area contributed by atoms with Gasteiger partial charge in [-0.25, -0.2) is 14.4 Å². The largest absolute Gasteiger partial charge is 0.496 e. The number of fused-ring (bicyclic) bond motifs is 2. The average molecular weight is 560 g/mol. The van der Waals surface area contributed by atoms with Crippen LogP contribution in [0.15, 0.2) is 36.5 Å². The Morgan fingerprint density at radius 2 is 1.76 bits per heavy atom. The number of nitrogens with zero attached hydrogens (tertiary/aromatic N) is 2. The van der Waals surface area contributed by atoms with E-state index in [1.54, 1.807) is 21.4 Å². The number of anilines is 2. The first-order valence-electron chi connectivity index (χ1n) is 10.9. The fraction of sp³-hybridized carbons (Fsp3) is 0.167. The molecule has 2 atom stereocenters. The van der Waals surface area contributed by atoms with Gasteiger partial charge in [0, 0.05) is 18.2 Å². The van der Waals surface area contributed by atoms with Gasteiger partial charge in [-0.2, -0.15) is 4.39 Å². The van der Waals surface area contributed by atoms with Crippen LogP contribution in [0.2, 0.25) is 0 Å². The smallest absolute Gasteiger partial charge is 0.418 e. The van der Waals surface area contributed by atoms with Crippen molar-refractivity contribution < 1.29 is 37.3 Å². The van der Waals surface area contributed by atoms with E-state index >= 15 is 0 Å². The standard InChI is InChI=1S/C24H19F2N4O6PS/c1-10-28-13-4-5-16(33-2)20(21(13)38-10)23(32)30-15-9-27-19(34-3)6-11(15)22(31)29-14-8-18-17(7-12(14)25)35-24(26,37)36-18/h4-9H,37H2,1-3H3,(H,29,31)(H,30,32). The van der Waals surface area contributed by atoms with Crippen molar-refractivity contribution in [2.75, 3.05) is 24.9 Å². The van der Waals surface area contributed by atoms with Crippen molar-refractivity contribution >= 4 is 54.0 Å². The summed E-state index contributed by atoms with van der Waals surface area (Å²) in [6.07, 6.45) is 1.23. The van der Waals surface area contributed by atoms with E-state index in [4.69, 9.17) is 18.9 Å². The number of carbonyl (C=O) groups excluding carboxylic acids is 2. The third kappa shape index (κ3) is 4.77. The van der Waals surface area contributed by atoms with Crippen LogP contribution in [0.4, 0.5) is 20.2 Å². The molecule has 0 aliphatic carbocycles. The molecule has 196 valence electrons. The van der Waals surface area contributed by atoms with Crippen LogP contribution in [0.25, 0.3) is 10.2 Å². The minimum absolute atomic E-state index is 0.0162. The van der Waals surface area contributed by atoms with Gasteiger partial charge in [-0.3, -0.25) is 9.59 Å². The fourth-order valence-electron chi connectivity index (χ4n) is 3.79. The lowest BCUT2D eigenvalue weighted by Gasteiger charge is -2.14. The predicted octanol–water partition coefficient (Wildman–Crippen LogP) is 4.89. The highest BCUT2D eigenvalue weighted by Gasteiger charge is 2.38. The maximum absolute atomic E-state index is 14.7. The molecule has 1 aliphatic rings. The average Bonchev–Trinajstić information content (AvgIpc) is 3.39. The molecular formula is C24H19F2N4O6PS. The van der Waals surface area contributed by atoms with Gasteiger partial charge in [-0.1, -0.05) is 0 Å². The Labute approximate surface area is 220 Å². The van der Waals surface area contributed by atoms with Gasteiger partial charge >= 0.3 is 5.78 Å². The van der Waals surface area contributed by atoms with Crippen molar-refractivity contribution in [3.05, 3.63) is 58.5 Å². The number of aromatic nitrogens is 2. The Hall–Kier alpha value is -4.09. The van der Waals surface area contributed by atoms with E-state index in [-0.39, 0.29) is 39.9 Å². The van der Waals surface area contributed by atoms with E-state index in [1.807, 2.05) is 6.92 Å². The number of amides is 2. The van der Waals surface area contributed by atoms with Gasteiger partial charge in [0.2, 0.25) is 5.88 Å². The summed E-state index contributed by atoms with van der Waals surface area (Å²) in [5, 5.41) is 5.83. The molecule has 3 heterocycles.